The average molecular weight is 618 g/mol. The van der Waals surface area contributed by atoms with E-state index >= 15 is 0 Å². The third kappa shape index (κ3) is 8.21. The summed E-state index contributed by atoms with van der Waals surface area (Å²) in [7, 11) is 0. The first-order valence-electron chi connectivity index (χ1n) is 13.3. The van der Waals surface area contributed by atoms with Crippen molar-refractivity contribution in [2.24, 2.45) is 11.8 Å². The van der Waals surface area contributed by atoms with Crippen LogP contribution in [-0.4, -0.2) is 54.8 Å². The number of rotatable bonds is 8. The molecule has 6 nitrogen and oxygen atoms in total. The van der Waals surface area contributed by atoms with Crippen molar-refractivity contribution in [3.63, 3.8) is 0 Å². The topological polar surface area (TPSA) is 76.1 Å². The minimum atomic E-state index is -5.35. The van der Waals surface area contributed by atoms with E-state index in [2.05, 4.69) is 0 Å². The van der Waals surface area contributed by atoms with Gasteiger partial charge in [-0.2, -0.15) is 26.3 Å². The number of aliphatic carboxylic acids is 1. The van der Waals surface area contributed by atoms with Crippen molar-refractivity contribution in [3.8, 4) is 5.75 Å². The van der Waals surface area contributed by atoms with Gasteiger partial charge in [0.15, 0.2) is 0 Å². The molecule has 1 aliphatic carbocycles. The van der Waals surface area contributed by atoms with Crippen molar-refractivity contribution >= 4 is 29.7 Å². The van der Waals surface area contributed by atoms with E-state index in [0.717, 1.165) is 24.3 Å². The van der Waals surface area contributed by atoms with Crippen LogP contribution in [0, 0.1) is 11.8 Å². The molecule has 2 aromatic rings. The Bertz CT molecular complexity index is 1300. The molecule has 2 aliphatic rings. The summed E-state index contributed by atoms with van der Waals surface area (Å²) in [6.07, 6.45) is -6.68. The molecule has 0 atom stereocenters. The average Bonchev–Trinajstić information content (AvgIpc) is 2.94. The molecule has 1 saturated carbocycles. The molecule has 0 bridgehead atoms. The molecule has 228 valence electrons. The number of carbonyl (C=O) groups is 2. The number of carbonyl (C=O) groups excluding carboxylic acids is 1. The Morgan fingerprint density at radius 3 is 2.26 bits per heavy atom. The molecule has 0 radical (unpaired) electrons. The van der Waals surface area contributed by atoms with Crippen molar-refractivity contribution in [1.82, 2.24) is 4.90 Å². The minimum Gasteiger partial charge on any atom is -0.493 e. The zero-order valence-electron chi connectivity index (χ0n) is 22.3. The van der Waals surface area contributed by atoms with E-state index in [1.165, 1.54) is 23.1 Å². The molecule has 4 rings (SSSR count). The number of ether oxygens (including phenoxy) is 2. The summed E-state index contributed by atoms with van der Waals surface area (Å²) in [5.41, 5.74) is -4.46. The normalized spacial score (nSPS) is 20.1. The van der Waals surface area contributed by atoms with Crippen LogP contribution in [0.3, 0.4) is 0 Å². The summed E-state index contributed by atoms with van der Waals surface area (Å²) in [5.74, 6) is -1.36. The highest BCUT2D eigenvalue weighted by molar-refractivity contribution is 7.99. The van der Waals surface area contributed by atoms with Gasteiger partial charge in [-0.15, -0.1) is 0 Å². The summed E-state index contributed by atoms with van der Waals surface area (Å²) >= 11 is 0.528. The van der Waals surface area contributed by atoms with Crippen molar-refractivity contribution in [2.75, 3.05) is 32.9 Å². The number of morpholine rings is 1. The van der Waals surface area contributed by atoms with Gasteiger partial charge in [-0.05, 0) is 67.5 Å². The van der Waals surface area contributed by atoms with Crippen LogP contribution in [0.15, 0.2) is 52.3 Å². The first-order chi connectivity index (χ1) is 19.8. The van der Waals surface area contributed by atoms with Gasteiger partial charge >= 0.3 is 18.3 Å². The predicted octanol–water partition coefficient (Wildman–Crippen LogP) is 7.02. The maximum absolute atomic E-state index is 14.2. The largest absolute Gasteiger partial charge is 0.493 e. The lowest BCUT2D eigenvalue weighted by atomic mass is 9.82. The lowest BCUT2D eigenvalue weighted by molar-refractivity contribution is -0.163. The molecule has 2 fully saturated rings. The Balaban J connectivity index is 1.55. The first-order valence-corrected chi connectivity index (χ1v) is 14.1. The molecule has 2 aromatic carbocycles. The van der Waals surface area contributed by atoms with Gasteiger partial charge in [0.2, 0.25) is 5.91 Å². The third-order valence-electron chi connectivity index (χ3n) is 7.21. The number of halogens is 6. The van der Waals surface area contributed by atoms with Gasteiger partial charge in [0, 0.05) is 29.0 Å². The Hall–Kier alpha value is -3.19. The van der Waals surface area contributed by atoms with Gasteiger partial charge in [-0.25, -0.2) is 0 Å². The minimum absolute atomic E-state index is 0.124. The van der Waals surface area contributed by atoms with Gasteiger partial charge in [0.1, 0.15) is 5.75 Å². The zero-order valence-corrected chi connectivity index (χ0v) is 23.2. The molecular weight excluding hydrogens is 588 g/mol. The number of hydrogen-bond donors (Lipinski definition) is 1. The van der Waals surface area contributed by atoms with E-state index in [1.54, 1.807) is 6.07 Å². The number of amides is 1. The highest BCUT2D eigenvalue weighted by Crippen LogP contribution is 2.48. The second-order valence-electron chi connectivity index (χ2n) is 10.1. The fourth-order valence-corrected chi connectivity index (χ4v) is 6.04. The number of hydrogen-bond acceptors (Lipinski definition) is 5. The molecule has 0 aromatic heterocycles. The standard InChI is InChI=1S/C29H29F6NO5S/c30-28(31,32)25-19(9-11-24(37)36-12-14-40-15-13-36)8-10-23(26(25)29(33,34)35)42-22-3-1-2-21(16-22)41-17-18-4-6-20(7-5-18)27(38)39/h1-3,8-11,16,18,20H,4-7,12-15,17H2,(H,38,39)/t18-,20-. The van der Waals surface area contributed by atoms with Crippen molar-refractivity contribution in [1.29, 1.82) is 0 Å². The molecule has 1 heterocycles. The number of alkyl halides is 6. The molecule has 1 N–H and O–H groups in total. The third-order valence-corrected chi connectivity index (χ3v) is 8.26. The van der Waals surface area contributed by atoms with Crippen molar-refractivity contribution < 1.29 is 50.5 Å². The Morgan fingerprint density at radius 1 is 0.976 bits per heavy atom. The monoisotopic (exact) mass is 617 g/mol. The molecule has 13 heteroatoms. The van der Waals surface area contributed by atoms with E-state index in [4.69, 9.17) is 14.6 Å². The fraction of sp³-hybridized carbons (Fsp3) is 0.448. The highest BCUT2D eigenvalue weighted by atomic mass is 32.2. The van der Waals surface area contributed by atoms with Crippen LogP contribution in [0.25, 0.3) is 6.08 Å². The van der Waals surface area contributed by atoms with Crippen molar-refractivity contribution in [3.05, 3.63) is 59.2 Å². The molecular formula is C29H29F6NO5S. The number of benzene rings is 2. The maximum atomic E-state index is 14.2. The molecule has 1 aliphatic heterocycles. The van der Waals surface area contributed by atoms with E-state index < -0.39 is 45.8 Å². The Labute approximate surface area is 242 Å². The van der Waals surface area contributed by atoms with Crippen LogP contribution in [0.5, 0.6) is 5.75 Å². The first kappa shape index (κ1) is 31.7. The highest BCUT2D eigenvalue weighted by Gasteiger charge is 2.46. The second kappa shape index (κ2) is 13.4. The van der Waals surface area contributed by atoms with Crippen LogP contribution in [0.4, 0.5) is 26.3 Å². The van der Waals surface area contributed by atoms with E-state index in [1.807, 2.05) is 0 Å². The van der Waals surface area contributed by atoms with Gasteiger partial charge in [0.05, 0.1) is 36.9 Å². The fourth-order valence-electron chi connectivity index (χ4n) is 5.01. The van der Waals surface area contributed by atoms with Gasteiger partial charge in [-0.1, -0.05) is 23.9 Å². The lowest BCUT2D eigenvalue weighted by Crippen LogP contribution is -2.39. The summed E-state index contributed by atoms with van der Waals surface area (Å²) < 4.78 is 96.0. The second-order valence-corrected chi connectivity index (χ2v) is 11.2. The smallest absolute Gasteiger partial charge is 0.418 e. The SMILES string of the molecule is O=C(C=Cc1ccc(Sc2cccc(OC[C@H]3CC[C@H](C(=O)O)CC3)c2)c(C(F)(F)F)c1C(F)(F)F)N1CCOCC1. The zero-order chi connectivity index (χ0) is 30.5. The molecule has 1 amide bonds. The van der Waals surface area contributed by atoms with Crippen LogP contribution in [-0.2, 0) is 26.7 Å². The summed E-state index contributed by atoms with van der Waals surface area (Å²) in [5, 5.41) is 9.14. The quantitative estimate of drug-likeness (QED) is 0.254. The van der Waals surface area contributed by atoms with Crippen molar-refractivity contribution in [2.45, 2.75) is 47.8 Å². The molecule has 0 spiro atoms. The molecule has 1 saturated heterocycles. The molecule has 42 heavy (non-hydrogen) atoms. The van der Waals surface area contributed by atoms with Gasteiger partial charge in [-0.3, -0.25) is 9.59 Å². The van der Waals surface area contributed by atoms with Crippen LogP contribution >= 0.6 is 11.8 Å². The number of nitrogens with zero attached hydrogens (tertiary/aromatic N) is 1. The summed E-state index contributed by atoms with van der Waals surface area (Å²) in [4.78, 5) is 24.5. The number of carboxylic acid groups (broad SMARTS) is 1. The summed E-state index contributed by atoms with van der Waals surface area (Å²) in [6.45, 7) is 1.27. The summed E-state index contributed by atoms with van der Waals surface area (Å²) in [6, 6.07) is 7.95. The number of carboxylic acids is 1. The van der Waals surface area contributed by atoms with Crippen LogP contribution < -0.4 is 4.74 Å². The van der Waals surface area contributed by atoms with Crippen LogP contribution in [0.1, 0.15) is 42.4 Å². The maximum Gasteiger partial charge on any atom is 0.418 e. The van der Waals surface area contributed by atoms with Crippen LogP contribution in [0.2, 0.25) is 0 Å². The predicted molar refractivity (Wildman–Crippen MR) is 142 cm³/mol. The van der Waals surface area contributed by atoms with E-state index in [-0.39, 0.29) is 49.6 Å². The Morgan fingerprint density at radius 2 is 1.64 bits per heavy atom. The Kier molecular flexibility index (Phi) is 10.1. The van der Waals surface area contributed by atoms with E-state index in [0.29, 0.717) is 43.2 Å². The van der Waals surface area contributed by atoms with Gasteiger partial charge < -0.3 is 19.5 Å². The van der Waals surface area contributed by atoms with E-state index in [9.17, 15) is 35.9 Å². The lowest BCUT2D eigenvalue weighted by Gasteiger charge is -2.26. The molecule has 0 unspecified atom stereocenters. The van der Waals surface area contributed by atoms with Gasteiger partial charge in [0.25, 0.3) is 0 Å².